The molecule has 1 N–H and O–H groups in total. The van der Waals surface area contributed by atoms with Crippen LogP contribution in [0.25, 0.3) is 0 Å². The van der Waals surface area contributed by atoms with Crippen molar-refractivity contribution in [2.24, 2.45) is 5.92 Å². The summed E-state index contributed by atoms with van der Waals surface area (Å²) in [6.45, 7) is 5.71. The minimum atomic E-state index is 0.834. The van der Waals surface area contributed by atoms with E-state index in [-0.39, 0.29) is 0 Å². The van der Waals surface area contributed by atoms with Gasteiger partial charge in [0.25, 0.3) is 0 Å². The Kier molecular flexibility index (Phi) is 3.27. The number of rotatable bonds is 4. The molecule has 2 nitrogen and oxygen atoms in total. The Morgan fingerprint density at radius 1 is 1.27 bits per heavy atom. The Bertz CT molecular complexity index is 301. The maximum absolute atomic E-state index is 3.31. The van der Waals surface area contributed by atoms with Gasteiger partial charge in [0.15, 0.2) is 0 Å². The van der Waals surface area contributed by atoms with Crippen molar-refractivity contribution in [2.75, 3.05) is 31.6 Å². The normalized spacial score (nSPS) is 16.1. The smallest absolute Gasteiger partial charge is 0.0363 e. The van der Waals surface area contributed by atoms with E-state index in [1.54, 1.807) is 0 Å². The lowest BCUT2D eigenvalue weighted by atomic mass is 10.0. The van der Waals surface area contributed by atoms with E-state index in [1.807, 2.05) is 0 Å². The largest absolute Gasteiger partial charge is 0.374 e. The first-order valence-corrected chi connectivity index (χ1v) is 5.80. The average Bonchev–Trinajstić information content (AvgIpc) is 2.23. The molecule has 0 aliphatic carbocycles. The molecule has 0 radical (unpaired) electrons. The van der Waals surface area contributed by atoms with Crippen LogP contribution in [0.5, 0.6) is 0 Å². The average molecular weight is 204 g/mol. The van der Waals surface area contributed by atoms with Crippen molar-refractivity contribution in [1.82, 2.24) is 5.32 Å². The van der Waals surface area contributed by atoms with Gasteiger partial charge in [0.2, 0.25) is 0 Å². The standard InChI is InChI=1S/C13H20N2/c1-3-11-4-6-13(7-5-11)15(2)10-12-8-14-9-12/h4-7,12,14H,3,8-10H2,1-2H3. The summed E-state index contributed by atoms with van der Waals surface area (Å²) >= 11 is 0. The molecule has 15 heavy (non-hydrogen) atoms. The van der Waals surface area contributed by atoms with Gasteiger partial charge >= 0.3 is 0 Å². The van der Waals surface area contributed by atoms with Crippen molar-refractivity contribution in [3.63, 3.8) is 0 Å². The molecule has 1 aliphatic heterocycles. The van der Waals surface area contributed by atoms with Crippen molar-refractivity contribution in [1.29, 1.82) is 0 Å². The molecule has 0 saturated carbocycles. The van der Waals surface area contributed by atoms with E-state index in [2.05, 4.69) is 48.5 Å². The second-order valence-corrected chi connectivity index (χ2v) is 4.42. The number of benzene rings is 1. The van der Waals surface area contributed by atoms with Gasteiger partial charge < -0.3 is 10.2 Å². The molecule has 1 aromatic rings. The fourth-order valence-corrected chi connectivity index (χ4v) is 1.96. The Morgan fingerprint density at radius 2 is 1.93 bits per heavy atom. The third kappa shape index (κ3) is 2.51. The second kappa shape index (κ2) is 4.67. The summed E-state index contributed by atoms with van der Waals surface area (Å²) < 4.78 is 0. The summed E-state index contributed by atoms with van der Waals surface area (Å²) in [6, 6.07) is 8.91. The lowest BCUT2D eigenvalue weighted by Crippen LogP contribution is -2.47. The van der Waals surface area contributed by atoms with Crippen LogP contribution >= 0.6 is 0 Å². The molecule has 1 aliphatic rings. The molecule has 1 heterocycles. The maximum Gasteiger partial charge on any atom is 0.0363 e. The molecule has 0 bridgehead atoms. The van der Waals surface area contributed by atoms with Crippen LogP contribution < -0.4 is 10.2 Å². The number of nitrogens with zero attached hydrogens (tertiary/aromatic N) is 1. The molecule has 1 aromatic carbocycles. The van der Waals surface area contributed by atoms with E-state index < -0.39 is 0 Å². The van der Waals surface area contributed by atoms with Gasteiger partial charge in [-0.2, -0.15) is 0 Å². The minimum absolute atomic E-state index is 0.834. The molecule has 1 fully saturated rings. The summed E-state index contributed by atoms with van der Waals surface area (Å²) in [5.41, 5.74) is 2.75. The van der Waals surface area contributed by atoms with Crippen LogP contribution in [0.1, 0.15) is 12.5 Å². The molecule has 0 amide bonds. The zero-order chi connectivity index (χ0) is 10.7. The molecule has 1 saturated heterocycles. The van der Waals surface area contributed by atoms with Crippen molar-refractivity contribution in [3.05, 3.63) is 29.8 Å². The molecule has 0 spiro atoms. The molecular weight excluding hydrogens is 184 g/mol. The summed E-state index contributed by atoms with van der Waals surface area (Å²) in [5.74, 6) is 0.834. The van der Waals surface area contributed by atoms with Crippen molar-refractivity contribution >= 4 is 5.69 Å². The Hall–Kier alpha value is -1.02. The highest BCUT2D eigenvalue weighted by atomic mass is 15.1. The fourth-order valence-electron chi connectivity index (χ4n) is 1.96. The summed E-state index contributed by atoms with van der Waals surface area (Å²) in [5, 5.41) is 3.31. The van der Waals surface area contributed by atoms with Crippen molar-refractivity contribution in [2.45, 2.75) is 13.3 Å². The molecule has 0 unspecified atom stereocenters. The maximum atomic E-state index is 3.31. The molecular formula is C13H20N2. The quantitative estimate of drug-likeness (QED) is 0.806. The minimum Gasteiger partial charge on any atom is -0.374 e. The number of hydrogen-bond acceptors (Lipinski definition) is 2. The van der Waals surface area contributed by atoms with Crippen LogP contribution in [0.2, 0.25) is 0 Å². The molecule has 0 atom stereocenters. The zero-order valence-electron chi connectivity index (χ0n) is 9.66. The highest BCUT2D eigenvalue weighted by molar-refractivity contribution is 5.47. The highest BCUT2D eigenvalue weighted by Crippen LogP contribution is 2.16. The molecule has 0 aromatic heterocycles. The SMILES string of the molecule is CCc1ccc(N(C)CC2CNC2)cc1. The zero-order valence-corrected chi connectivity index (χ0v) is 9.66. The van der Waals surface area contributed by atoms with Crippen LogP contribution in [0.15, 0.2) is 24.3 Å². The highest BCUT2D eigenvalue weighted by Gasteiger charge is 2.18. The molecule has 2 rings (SSSR count). The summed E-state index contributed by atoms with van der Waals surface area (Å²) in [6.07, 6.45) is 1.12. The molecule has 82 valence electrons. The van der Waals surface area contributed by atoms with E-state index >= 15 is 0 Å². The predicted octanol–water partition coefficient (Wildman–Crippen LogP) is 1.90. The van der Waals surface area contributed by atoms with Gasteiger partial charge in [-0.25, -0.2) is 0 Å². The van der Waals surface area contributed by atoms with E-state index in [0.717, 1.165) is 12.3 Å². The Balaban J connectivity index is 1.94. The van der Waals surface area contributed by atoms with Gasteiger partial charge in [0.1, 0.15) is 0 Å². The van der Waals surface area contributed by atoms with Crippen LogP contribution in [-0.4, -0.2) is 26.7 Å². The molecule has 2 heteroatoms. The Labute approximate surface area is 92.3 Å². The van der Waals surface area contributed by atoms with Gasteiger partial charge in [-0.15, -0.1) is 0 Å². The van der Waals surface area contributed by atoms with Crippen molar-refractivity contribution < 1.29 is 0 Å². The first-order valence-electron chi connectivity index (χ1n) is 5.80. The van der Waals surface area contributed by atoms with Gasteiger partial charge in [0, 0.05) is 38.3 Å². The van der Waals surface area contributed by atoms with Crippen LogP contribution in [-0.2, 0) is 6.42 Å². The van der Waals surface area contributed by atoms with E-state index in [0.29, 0.717) is 0 Å². The lowest BCUT2D eigenvalue weighted by molar-refractivity contribution is 0.353. The predicted molar refractivity (Wildman–Crippen MR) is 65.4 cm³/mol. The number of aryl methyl sites for hydroxylation is 1. The number of anilines is 1. The lowest BCUT2D eigenvalue weighted by Gasteiger charge is -2.32. The first-order chi connectivity index (χ1) is 7.29. The number of hydrogen-bond donors (Lipinski definition) is 1. The number of nitrogens with one attached hydrogen (secondary N) is 1. The van der Waals surface area contributed by atoms with Crippen LogP contribution in [0, 0.1) is 5.92 Å². The Morgan fingerprint density at radius 3 is 2.40 bits per heavy atom. The van der Waals surface area contributed by atoms with E-state index in [9.17, 15) is 0 Å². The second-order valence-electron chi connectivity index (χ2n) is 4.42. The van der Waals surface area contributed by atoms with Gasteiger partial charge in [-0.1, -0.05) is 19.1 Å². The topological polar surface area (TPSA) is 15.3 Å². The summed E-state index contributed by atoms with van der Waals surface area (Å²) in [7, 11) is 2.18. The van der Waals surface area contributed by atoms with Gasteiger partial charge in [-0.05, 0) is 24.1 Å². The monoisotopic (exact) mass is 204 g/mol. The van der Waals surface area contributed by atoms with Crippen molar-refractivity contribution in [3.8, 4) is 0 Å². The fraction of sp³-hybridized carbons (Fsp3) is 0.538. The van der Waals surface area contributed by atoms with E-state index in [4.69, 9.17) is 0 Å². The van der Waals surface area contributed by atoms with Gasteiger partial charge in [0.05, 0.1) is 0 Å². The summed E-state index contributed by atoms with van der Waals surface area (Å²) in [4.78, 5) is 2.35. The first kappa shape index (κ1) is 10.5. The van der Waals surface area contributed by atoms with Crippen LogP contribution in [0.3, 0.4) is 0 Å². The van der Waals surface area contributed by atoms with E-state index in [1.165, 1.54) is 30.9 Å². The van der Waals surface area contributed by atoms with Gasteiger partial charge in [-0.3, -0.25) is 0 Å². The third-order valence-electron chi connectivity index (χ3n) is 3.18. The third-order valence-corrected chi connectivity index (χ3v) is 3.18. The van der Waals surface area contributed by atoms with Crippen LogP contribution in [0.4, 0.5) is 5.69 Å².